The molecule has 7 heteroatoms. The van der Waals surface area contributed by atoms with Crippen molar-refractivity contribution in [3.63, 3.8) is 0 Å². The summed E-state index contributed by atoms with van der Waals surface area (Å²) < 4.78 is 5.57. The van der Waals surface area contributed by atoms with Crippen LogP contribution in [0.5, 0.6) is 0 Å². The first-order chi connectivity index (χ1) is 10.2. The van der Waals surface area contributed by atoms with Crippen molar-refractivity contribution < 1.29 is 4.74 Å². The molecule has 1 atom stereocenters. The lowest BCUT2D eigenvalue weighted by atomic mass is 10.2. The molecule has 1 unspecified atom stereocenters. The summed E-state index contributed by atoms with van der Waals surface area (Å²) in [7, 11) is 0. The van der Waals surface area contributed by atoms with Crippen molar-refractivity contribution in [3.8, 4) is 0 Å². The molecule has 2 aromatic rings. The van der Waals surface area contributed by atoms with Crippen LogP contribution in [0, 0.1) is 0 Å². The van der Waals surface area contributed by atoms with E-state index in [1.807, 2.05) is 24.3 Å². The summed E-state index contributed by atoms with van der Waals surface area (Å²) >= 11 is 7.52. The lowest BCUT2D eigenvalue weighted by Crippen LogP contribution is -2.45. The zero-order chi connectivity index (χ0) is 14.7. The molecule has 21 heavy (non-hydrogen) atoms. The van der Waals surface area contributed by atoms with E-state index >= 15 is 0 Å². The largest absolute Gasteiger partial charge is 0.373 e. The molecule has 3 rings (SSSR count). The predicted molar refractivity (Wildman–Crippen MR) is 85.2 cm³/mol. The lowest BCUT2D eigenvalue weighted by Gasteiger charge is -2.31. The van der Waals surface area contributed by atoms with Crippen LogP contribution in [0.4, 0.5) is 5.13 Å². The number of anilines is 1. The highest BCUT2D eigenvalue weighted by Gasteiger charge is 2.22. The topological polar surface area (TPSA) is 64.3 Å². The van der Waals surface area contributed by atoms with Crippen LogP contribution < -0.4 is 10.6 Å². The SMILES string of the molecule is NCC1CN(c2nnc(Cc3ccc(Cl)cc3)s2)CCO1. The molecule has 1 aromatic carbocycles. The molecule has 0 aliphatic carbocycles. The molecular weight excluding hydrogens is 308 g/mol. The number of nitrogens with zero attached hydrogens (tertiary/aromatic N) is 3. The molecule has 1 fully saturated rings. The summed E-state index contributed by atoms with van der Waals surface area (Å²) in [6, 6.07) is 7.82. The number of hydrogen-bond donors (Lipinski definition) is 1. The maximum Gasteiger partial charge on any atom is 0.208 e. The van der Waals surface area contributed by atoms with Gasteiger partial charge < -0.3 is 15.4 Å². The minimum Gasteiger partial charge on any atom is -0.373 e. The van der Waals surface area contributed by atoms with Crippen molar-refractivity contribution in [1.82, 2.24) is 10.2 Å². The number of hydrogen-bond acceptors (Lipinski definition) is 6. The average molecular weight is 325 g/mol. The number of benzene rings is 1. The van der Waals surface area contributed by atoms with Crippen LogP contribution in [0.15, 0.2) is 24.3 Å². The first-order valence-corrected chi connectivity index (χ1v) is 8.07. The van der Waals surface area contributed by atoms with Gasteiger partial charge in [-0.25, -0.2) is 0 Å². The third-order valence-electron chi connectivity index (χ3n) is 3.40. The molecule has 0 bridgehead atoms. The molecule has 2 heterocycles. The van der Waals surface area contributed by atoms with E-state index in [-0.39, 0.29) is 6.10 Å². The average Bonchev–Trinajstić information content (AvgIpc) is 2.98. The van der Waals surface area contributed by atoms with E-state index in [1.165, 1.54) is 5.56 Å². The van der Waals surface area contributed by atoms with E-state index in [4.69, 9.17) is 22.1 Å². The Morgan fingerprint density at radius 1 is 1.33 bits per heavy atom. The number of rotatable bonds is 4. The Morgan fingerprint density at radius 2 is 2.14 bits per heavy atom. The molecule has 1 aliphatic heterocycles. The van der Waals surface area contributed by atoms with Gasteiger partial charge >= 0.3 is 0 Å². The third kappa shape index (κ3) is 3.71. The van der Waals surface area contributed by atoms with Crippen LogP contribution >= 0.6 is 22.9 Å². The smallest absolute Gasteiger partial charge is 0.208 e. The van der Waals surface area contributed by atoms with Crippen LogP contribution in [-0.2, 0) is 11.2 Å². The highest BCUT2D eigenvalue weighted by atomic mass is 35.5. The van der Waals surface area contributed by atoms with Gasteiger partial charge in [-0.2, -0.15) is 0 Å². The Bertz CT molecular complexity index is 589. The van der Waals surface area contributed by atoms with Gasteiger partial charge in [0.25, 0.3) is 0 Å². The molecule has 1 aliphatic rings. The van der Waals surface area contributed by atoms with Gasteiger partial charge in [0, 0.05) is 31.1 Å². The number of aromatic nitrogens is 2. The fourth-order valence-electron chi connectivity index (χ4n) is 2.26. The van der Waals surface area contributed by atoms with Crippen LogP contribution in [-0.4, -0.2) is 42.5 Å². The fraction of sp³-hybridized carbons (Fsp3) is 0.429. The second kappa shape index (κ2) is 6.70. The Labute approximate surface area is 132 Å². The van der Waals surface area contributed by atoms with E-state index in [1.54, 1.807) is 11.3 Å². The number of ether oxygens (including phenoxy) is 1. The molecule has 0 spiro atoms. The minimum atomic E-state index is 0.0855. The molecule has 1 aromatic heterocycles. The van der Waals surface area contributed by atoms with E-state index in [9.17, 15) is 0 Å². The Balaban J connectivity index is 1.67. The van der Waals surface area contributed by atoms with Gasteiger partial charge in [0.05, 0.1) is 12.7 Å². The van der Waals surface area contributed by atoms with Gasteiger partial charge in [0.15, 0.2) is 0 Å². The van der Waals surface area contributed by atoms with Crippen molar-refractivity contribution in [1.29, 1.82) is 0 Å². The van der Waals surface area contributed by atoms with Gasteiger partial charge in [-0.1, -0.05) is 35.1 Å². The molecule has 0 radical (unpaired) electrons. The monoisotopic (exact) mass is 324 g/mol. The van der Waals surface area contributed by atoms with Crippen LogP contribution in [0.1, 0.15) is 10.6 Å². The quantitative estimate of drug-likeness (QED) is 0.931. The number of morpholine rings is 1. The summed E-state index contributed by atoms with van der Waals surface area (Å²) in [5.74, 6) is 0. The zero-order valence-corrected chi connectivity index (χ0v) is 13.1. The summed E-state index contributed by atoms with van der Waals surface area (Å²) in [6.07, 6.45) is 0.863. The van der Waals surface area contributed by atoms with E-state index in [2.05, 4.69) is 15.1 Å². The van der Waals surface area contributed by atoms with E-state index < -0.39 is 0 Å². The Kier molecular flexibility index (Phi) is 4.70. The van der Waals surface area contributed by atoms with Crippen LogP contribution in [0.3, 0.4) is 0 Å². The second-order valence-corrected chi connectivity index (χ2v) is 6.43. The molecule has 0 amide bonds. The number of nitrogens with two attached hydrogens (primary N) is 1. The minimum absolute atomic E-state index is 0.0855. The normalized spacial score (nSPS) is 19.0. The zero-order valence-electron chi connectivity index (χ0n) is 11.5. The van der Waals surface area contributed by atoms with Crippen molar-refractivity contribution in [2.75, 3.05) is 31.1 Å². The summed E-state index contributed by atoms with van der Waals surface area (Å²) in [5, 5.41) is 11.3. The highest BCUT2D eigenvalue weighted by molar-refractivity contribution is 7.15. The van der Waals surface area contributed by atoms with Gasteiger partial charge in [-0.3, -0.25) is 0 Å². The summed E-state index contributed by atoms with van der Waals surface area (Å²) in [5.41, 5.74) is 6.85. The molecule has 1 saturated heterocycles. The van der Waals surface area contributed by atoms with Crippen molar-refractivity contribution in [2.45, 2.75) is 12.5 Å². The van der Waals surface area contributed by atoms with Gasteiger partial charge in [-0.05, 0) is 17.7 Å². The van der Waals surface area contributed by atoms with E-state index in [0.29, 0.717) is 13.2 Å². The van der Waals surface area contributed by atoms with Crippen LogP contribution in [0.2, 0.25) is 5.02 Å². The predicted octanol–water partition coefficient (Wildman–Crippen LogP) is 1.95. The standard InChI is InChI=1S/C14H17ClN4OS/c15-11-3-1-10(2-4-11)7-13-17-18-14(21-13)19-5-6-20-12(8-16)9-19/h1-4,12H,5-9,16H2. The van der Waals surface area contributed by atoms with Gasteiger partial charge in [-0.15, -0.1) is 10.2 Å². The maximum atomic E-state index is 5.89. The molecule has 112 valence electrons. The maximum absolute atomic E-state index is 5.89. The van der Waals surface area contributed by atoms with Gasteiger partial charge in [0.1, 0.15) is 5.01 Å². The van der Waals surface area contributed by atoms with Crippen molar-refractivity contribution in [2.24, 2.45) is 5.73 Å². The molecule has 5 nitrogen and oxygen atoms in total. The summed E-state index contributed by atoms with van der Waals surface area (Å²) in [6.45, 7) is 2.85. The fourth-order valence-corrected chi connectivity index (χ4v) is 3.29. The number of halogens is 1. The van der Waals surface area contributed by atoms with E-state index in [0.717, 1.165) is 34.7 Å². The third-order valence-corrected chi connectivity index (χ3v) is 4.63. The van der Waals surface area contributed by atoms with Crippen molar-refractivity contribution in [3.05, 3.63) is 39.9 Å². The second-order valence-electron chi connectivity index (χ2n) is 4.96. The molecular formula is C14H17ClN4OS. The lowest BCUT2D eigenvalue weighted by molar-refractivity contribution is 0.0465. The molecule has 2 N–H and O–H groups in total. The molecule has 0 saturated carbocycles. The van der Waals surface area contributed by atoms with Crippen LogP contribution in [0.25, 0.3) is 0 Å². The Morgan fingerprint density at radius 3 is 2.90 bits per heavy atom. The van der Waals surface area contributed by atoms with Gasteiger partial charge in [0.2, 0.25) is 5.13 Å². The first kappa shape index (κ1) is 14.7. The first-order valence-electron chi connectivity index (χ1n) is 6.88. The van der Waals surface area contributed by atoms with Crippen molar-refractivity contribution >= 4 is 28.1 Å². The Hall–Kier alpha value is -1.21. The summed E-state index contributed by atoms with van der Waals surface area (Å²) in [4.78, 5) is 2.20. The highest BCUT2D eigenvalue weighted by Crippen LogP contribution is 2.24.